The summed E-state index contributed by atoms with van der Waals surface area (Å²) in [6.45, 7) is 0.790. The first-order valence-electron chi connectivity index (χ1n) is 8.13. The minimum absolute atomic E-state index is 0.0619. The van der Waals surface area contributed by atoms with Gasteiger partial charge in [0.15, 0.2) is 0 Å². The molecule has 126 valence electrons. The molecule has 1 aromatic rings. The van der Waals surface area contributed by atoms with Gasteiger partial charge in [0.05, 0.1) is 18.4 Å². The molecule has 6 nitrogen and oxygen atoms in total. The van der Waals surface area contributed by atoms with Crippen LogP contribution in [-0.2, 0) is 16.1 Å². The lowest BCUT2D eigenvalue weighted by atomic mass is 10.2. The Morgan fingerprint density at radius 1 is 1.46 bits per heavy atom. The highest BCUT2D eigenvalue weighted by Crippen LogP contribution is 2.34. The molecule has 7 heteroatoms. The van der Waals surface area contributed by atoms with Crippen LogP contribution in [0.2, 0.25) is 0 Å². The highest BCUT2D eigenvalue weighted by molar-refractivity contribution is 7.99. The van der Waals surface area contributed by atoms with E-state index in [4.69, 9.17) is 5.26 Å². The third-order valence-corrected chi connectivity index (χ3v) is 5.29. The van der Waals surface area contributed by atoms with E-state index in [0.717, 1.165) is 18.4 Å². The Bertz CT molecular complexity index is 642. The second-order valence-corrected chi connectivity index (χ2v) is 7.13. The number of thioether (sulfide) groups is 1. The van der Waals surface area contributed by atoms with Gasteiger partial charge in [-0.15, -0.1) is 11.8 Å². The van der Waals surface area contributed by atoms with Gasteiger partial charge in [-0.1, -0.05) is 6.07 Å². The van der Waals surface area contributed by atoms with Crippen molar-refractivity contribution in [2.45, 2.75) is 31.8 Å². The fraction of sp³-hybridized carbons (Fsp3) is 0.529. The summed E-state index contributed by atoms with van der Waals surface area (Å²) in [4.78, 5) is 32.9. The lowest BCUT2D eigenvalue weighted by molar-refractivity contribution is -0.144. The average Bonchev–Trinajstić information content (AvgIpc) is 3.35. The number of hydrogen-bond acceptors (Lipinski definition) is 5. The van der Waals surface area contributed by atoms with Gasteiger partial charge in [-0.3, -0.25) is 14.6 Å². The molecule has 0 aromatic carbocycles. The van der Waals surface area contributed by atoms with Gasteiger partial charge >= 0.3 is 0 Å². The molecule has 0 N–H and O–H groups in total. The number of rotatable bonds is 6. The van der Waals surface area contributed by atoms with Crippen LogP contribution in [0.25, 0.3) is 0 Å². The Labute approximate surface area is 145 Å². The van der Waals surface area contributed by atoms with E-state index < -0.39 is 6.04 Å². The summed E-state index contributed by atoms with van der Waals surface area (Å²) in [7, 11) is 0. The number of carbonyl (C=O) groups is 2. The third kappa shape index (κ3) is 3.88. The molecule has 0 spiro atoms. The Kier molecular flexibility index (Phi) is 5.36. The summed E-state index contributed by atoms with van der Waals surface area (Å²) in [5.41, 5.74) is 0.925. The third-order valence-electron chi connectivity index (χ3n) is 4.28. The predicted molar refractivity (Wildman–Crippen MR) is 90.6 cm³/mol. The van der Waals surface area contributed by atoms with Crippen molar-refractivity contribution in [3.63, 3.8) is 0 Å². The monoisotopic (exact) mass is 344 g/mol. The van der Waals surface area contributed by atoms with Crippen LogP contribution in [0, 0.1) is 17.2 Å². The number of amides is 2. The molecule has 2 heterocycles. The minimum atomic E-state index is -0.404. The van der Waals surface area contributed by atoms with Gasteiger partial charge in [-0.25, -0.2) is 0 Å². The zero-order chi connectivity index (χ0) is 16.9. The fourth-order valence-corrected chi connectivity index (χ4v) is 3.96. The first kappa shape index (κ1) is 16.8. The van der Waals surface area contributed by atoms with E-state index in [0.29, 0.717) is 24.7 Å². The van der Waals surface area contributed by atoms with Crippen molar-refractivity contribution in [3.8, 4) is 6.07 Å². The first-order chi connectivity index (χ1) is 11.7. The molecule has 0 bridgehead atoms. The molecule has 1 saturated heterocycles. The second-order valence-electron chi connectivity index (χ2n) is 6.13. The molecule has 2 amide bonds. The van der Waals surface area contributed by atoms with E-state index in [9.17, 15) is 9.59 Å². The van der Waals surface area contributed by atoms with E-state index in [1.807, 2.05) is 12.1 Å². The van der Waals surface area contributed by atoms with E-state index in [1.165, 1.54) is 0 Å². The van der Waals surface area contributed by atoms with Crippen molar-refractivity contribution in [1.82, 2.24) is 14.8 Å². The zero-order valence-electron chi connectivity index (χ0n) is 13.4. The van der Waals surface area contributed by atoms with Crippen LogP contribution in [0.4, 0.5) is 0 Å². The molecule has 3 rings (SSSR count). The number of nitrogens with zero attached hydrogens (tertiary/aromatic N) is 4. The smallest absolute Gasteiger partial charge is 0.246 e. The lowest BCUT2D eigenvalue weighted by Crippen LogP contribution is -2.49. The van der Waals surface area contributed by atoms with Gasteiger partial charge in [0.25, 0.3) is 0 Å². The number of pyridine rings is 1. The first-order valence-corrected chi connectivity index (χ1v) is 9.29. The SMILES string of the molecule is N#CCCN(Cc1cccnc1)C(=O)C1CSCN1C(=O)C1CC1. The van der Waals surface area contributed by atoms with Crippen molar-refractivity contribution in [1.29, 1.82) is 5.26 Å². The van der Waals surface area contributed by atoms with Crippen molar-refractivity contribution >= 4 is 23.6 Å². The lowest BCUT2D eigenvalue weighted by Gasteiger charge is -2.29. The largest absolute Gasteiger partial charge is 0.335 e. The van der Waals surface area contributed by atoms with Crippen LogP contribution >= 0.6 is 11.8 Å². The molecule has 1 aromatic heterocycles. The second kappa shape index (κ2) is 7.67. The topological polar surface area (TPSA) is 77.3 Å². The molecule has 1 saturated carbocycles. The highest BCUT2D eigenvalue weighted by Gasteiger charge is 2.42. The number of nitriles is 1. The van der Waals surface area contributed by atoms with Crippen LogP contribution in [0.15, 0.2) is 24.5 Å². The quantitative estimate of drug-likeness (QED) is 0.784. The number of aromatic nitrogens is 1. The van der Waals surface area contributed by atoms with Crippen molar-refractivity contribution in [2.24, 2.45) is 5.92 Å². The molecule has 24 heavy (non-hydrogen) atoms. The predicted octanol–water partition coefficient (Wildman–Crippen LogP) is 1.64. The summed E-state index contributed by atoms with van der Waals surface area (Å²) in [5.74, 6) is 1.39. The summed E-state index contributed by atoms with van der Waals surface area (Å²) in [6.07, 6.45) is 5.57. The molecular weight excluding hydrogens is 324 g/mol. The highest BCUT2D eigenvalue weighted by atomic mass is 32.2. The Balaban J connectivity index is 1.72. The molecule has 1 aliphatic carbocycles. The summed E-state index contributed by atoms with van der Waals surface area (Å²) in [5, 5.41) is 8.88. The molecule has 2 aliphatic rings. The molecule has 1 unspecified atom stereocenters. The Morgan fingerprint density at radius 3 is 2.96 bits per heavy atom. The van der Waals surface area contributed by atoms with Gasteiger partial charge in [-0.05, 0) is 24.5 Å². The average molecular weight is 344 g/mol. The van der Waals surface area contributed by atoms with Gasteiger partial charge in [-0.2, -0.15) is 5.26 Å². The van der Waals surface area contributed by atoms with Crippen molar-refractivity contribution in [3.05, 3.63) is 30.1 Å². The van der Waals surface area contributed by atoms with E-state index in [-0.39, 0.29) is 24.2 Å². The Hall–Kier alpha value is -2.07. The zero-order valence-corrected chi connectivity index (χ0v) is 14.2. The maximum Gasteiger partial charge on any atom is 0.246 e. The van der Waals surface area contributed by atoms with Crippen LogP contribution in [0.5, 0.6) is 0 Å². The van der Waals surface area contributed by atoms with Crippen LogP contribution in [0.3, 0.4) is 0 Å². The maximum atomic E-state index is 13.0. The molecule has 1 atom stereocenters. The normalized spacial score (nSPS) is 19.8. The van der Waals surface area contributed by atoms with Gasteiger partial charge in [0, 0.05) is 37.2 Å². The fourth-order valence-electron chi connectivity index (χ4n) is 2.80. The number of hydrogen-bond donors (Lipinski definition) is 0. The molecule has 2 fully saturated rings. The summed E-state index contributed by atoms with van der Waals surface area (Å²) < 4.78 is 0. The van der Waals surface area contributed by atoms with Gasteiger partial charge in [0.2, 0.25) is 11.8 Å². The van der Waals surface area contributed by atoms with Crippen LogP contribution in [0.1, 0.15) is 24.8 Å². The minimum Gasteiger partial charge on any atom is -0.335 e. The molecule has 1 aliphatic heterocycles. The van der Waals surface area contributed by atoms with Crippen LogP contribution < -0.4 is 0 Å². The van der Waals surface area contributed by atoms with E-state index in [1.54, 1.807) is 34.0 Å². The van der Waals surface area contributed by atoms with Gasteiger partial charge in [0.1, 0.15) is 6.04 Å². The van der Waals surface area contributed by atoms with Crippen molar-refractivity contribution < 1.29 is 9.59 Å². The van der Waals surface area contributed by atoms with E-state index in [2.05, 4.69) is 11.1 Å². The van der Waals surface area contributed by atoms with Crippen LogP contribution in [-0.4, -0.2) is 50.8 Å². The van der Waals surface area contributed by atoms with E-state index >= 15 is 0 Å². The molecule has 0 radical (unpaired) electrons. The maximum absolute atomic E-state index is 13.0. The molecular formula is C17H20N4O2S. The van der Waals surface area contributed by atoms with Gasteiger partial charge < -0.3 is 9.80 Å². The summed E-state index contributed by atoms with van der Waals surface area (Å²) >= 11 is 1.62. The Morgan fingerprint density at radius 2 is 2.29 bits per heavy atom. The summed E-state index contributed by atoms with van der Waals surface area (Å²) in [6, 6.07) is 5.44. The van der Waals surface area contributed by atoms with Crippen molar-refractivity contribution in [2.75, 3.05) is 18.2 Å². The standard InChI is InChI=1S/C17H20N4O2S/c18-6-2-8-20(10-13-3-1-7-19-9-13)17(23)15-11-24-12-21(15)16(22)14-4-5-14/h1,3,7,9,14-15H,2,4-5,8,10-12H2. The number of carbonyl (C=O) groups excluding carboxylic acids is 2.